The lowest BCUT2D eigenvalue weighted by Gasteiger charge is -2.29. The van der Waals surface area contributed by atoms with Crippen molar-refractivity contribution in [3.63, 3.8) is 0 Å². The third-order valence-electron chi connectivity index (χ3n) is 3.68. The van der Waals surface area contributed by atoms with Crippen molar-refractivity contribution in [3.05, 3.63) is 29.6 Å². The van der Waals surface area contributed by atoms with E-state index in [2.05, 4.69) is 9.71 Å². The molecule has 7 nitrogen and oxygen atoms in total. The summed E-state index contributed by atoms with van der Waals surface area (Å²) in [5.74, 6) is -1.31. The van der Waals surface area contributed by atoms with Crippen LogP contribution in [0.2, 0.25) is 0 Å². The van der Waals surface area contributed by atoms with Crippen LogP contribution in [0, 0.1) is 12.8 Å². The number of aryl methyl sites for hydroxylation is 1. The summed E-state index contributed by atoms with van der Waals surface area (Å²) in [5.41, 5.74) is 1.60. The van der Waals surface area contributed by atoms with Crippen molar-refractivity contribution >= 4 is 16.2 Å². The lowest BCUT2D eigenvalue weighted by atomic mass is 9.99. The Labute approximate surface area is 124 Å². The molecule has 0 unspecified atom stereocenters. The van der Waals surface area contributed by atoms with Gasteiger partial charge < -0.3 is 5.11 Å². The molecule has 2 N–H and O–H groups in total. The molecule has 1 aliphatic rings. The fraction of sp³-hybridized carbons (Fsp3) is 0.538. The van der Waals surface area contributed by atoms with Crippen molar-refractivity contribution in [2.24, 2.45) is 5.92 Å². The minimum atomic E-state index is -3.60. The smallest absolute Gasteiger partial charge is 0.306 e. The Balaban J connectivity index is 1.94. The van der Waals surface area contributed by atoms with E-state index in [0.29, 0.717) is 18.5 Å². The van der Waals surface area contributed by atoms with Gasteiger partial charge in [0, 0.05) is 19.3 Å². The largest absolute Gasteiger partial charge is 0.481 e. The molecule has 116 valence electrons. The van der Waals surface area contributed by atoms with Crippen LogP contribution in [0.25, 0.3) is 0 Å². The average molecular weight is 313 g/mol. The highest BCUT2D eigenvalue weighted by Crippen LogP contribution is 2.19. The predicted molar refractivity (Wildman–Crippen MR) is 76.7 cm³/mol. The summed E-state index contributed by atoms with van der Waals surface area (Å²) in [4.78, 5) is 15.0. The van der Waals surface area contributed by atoms with E-state index in [1.165, 1.54) is 4.31 Å². The summed E-state index contributed by atoms with van der Waals surface area (Å²) in [5, 5.41) is 8.92. The van der Waals surface area contributed by atoms with E-state index in [1.54, 1.807) is 12.3 Å². The SMILES string of the molecule is Cc1cccnc1CNS(=O)(=O)N1CCC(C(=O)O)CC1. The number of carboxylic acids is 1. The van der Waals surface area contributed by atoms with Gasteiger partial charge in [-0.15, -0.1) is 0 Å². The van der Waals surface area contributed by atoms with Crippen LogP contribution in [0.3, 0.4) is 0 Å². The summed E-state index contributed by atoms with van der Waals surface area (Å²) in [6.45, 7) is 2.46. The number of carboxylic acid groups (broad SMARTS) is 1. The van der Waals surface area contributed by atoms with Crippen molar-refractivity contribution in [1.82, 2.24) is 14.0 Å². The maximum atomic E-state index is 12.2. The van der Waals surface area contributed by atoms with Crippen LogP contribution in [-0.4, -0.2) is 41.9 Å². The number of rotatable bonds is 5. The van der Waals surface area contributed by atoms with Gasteiger partial charge in [0.05, 0.1) is 18.2 Å². The molecule has 2 heterocycles. The van der Waals surface area contributed by atoms with E-state index < -0.39 is 22.1 Å². The monoisotopic (exact) mass is 313 g/mol. The van der Waals surface area contributed by atoms with Crippen molar-refractivity contribution in [2.75, 3.05) is 13.1 Å². The third-order valence-corrected chi connectivity index (χ3v) is 5.24. The number of aromatic nitrogens is 1. The van der Waals surface area contributed by atoms with E-state index in [0.717, 1.165) is 5.56 Å². The van der Waals surface area contributed by atoms with Gasteiger partial charge in [-0.05, 0) is 31.4 Å². The van der Waals surface area contributed by atoms with E-state index in [4.69, 9.17) is 5.11 Å². The highest BCUT2D eigenvalue weighted by molar-refractivity contribution is 7.87. The summed E-state index contributed by atoms with van der Waals surface area (Å²) in [6.07, 6.45) is 2.31. The zero-order valence-corrected chi connectivity index (χ0v) is 12.6. The number of piperidine rings is 1. The van der Waals surface area contributed by atoms with Crippen molar-refractivity contribution in [1.29, 1.82) is 0 Å². The average Bonchev–Trinajstić information content (AvgIpc) is 2.46. The first-order valence-corrected chi connectivity index (χ1v) is 8.22. The zero-order valence-electron chi connectivity index (χ0n) is 11.8. The maximum Gasteiger partial charge on any atom is 0.306 e. The highest BCUT2D eigenvalue weighted by Gasteiger charge is 2.30. The van der Waals surface area contributed by atoms with Crippen molar-refractivity contribution in [3.8, 4) is 0 Å². The van der Waals surface area contributed by atoms with Crippen LogP contribution in [0.15, 0.2) is 18.3 Å². The van der Waals surface area contributed by atoms with Gasteiger partial charge in [0.25, 0.3) is 10.2 Å². The number of hydrogen-bond donors (Lipinski definition) is 2. The van der Waals surface area contributed by atoms with Gasteiger partial charge in [0.1, 0.15) is 0 Å². The van der Waals surface area contributed by atoms with Gasteiger partial charge in [-0.1, -0.05) is 6.07 Å². The quantitative estimate of drug-likeness (QED) is 0.825. The van der Waals surface area contributed by atoms with E-state index >= 15 is 0 Å². The van der Waals surface area contributed by atoms with Gasteiger partial charge in [0.15, 0.2) is 0 Å². The second kappa shape index (κ2) is 6.50. The second-order valence-electron chi connectivity index (χ2n) is 5.10. The van der Waals surface area contributed by atoms with E-state index in [1.807, 2.05) is 13.0 Å². The standard InChI is InChI=1S/C13H19N3O4S/c1-10-3-2-6-14-12(10)9-15-21(19,20)16-7-4-11(5-8-16)13(17)18/h2-3,6,11,15H,4-5,7-9H2,1H3,(H,17,18). The summed E-state index contributed by atoms with van der Waals surface area (Å²) < 4.78 is 28.2. The molecule has 0 aliphatic carbocycles. The molecular weight excluding hydrogens is 294 g/mol. The number of pyridine rings is 1. The summed E-state index contributed by atoms with van der Waals surface area (Å²) in [6, 6.07) is 3.67. The predicted octanol–water partition coefficient (Wildman–Crippen LogP) is 0.521. The minimum Gasteiger partial charge on any atom is -0.481 e. The van der Waals surface area contributed by atoms with Crippen molar-refractivity contribution < 1.29 is 18.3 Å². The summed E-state index contributed by atoms with van der Waals surface area (Å²) >= 11 is 0. The fourth-order valence-corrected chi connectivity index (χ4v) is 3.49. The molecule has 2 rings (SSSR count). The van der Waals surface area contributed by atoms with Gasteiger partial charge in [-0.2, -0.15) is 17.4 Å². The van der Waals surface area contributed by atoms with Crippen LogP contribution in [0.4, 0.5) is 0 Å². The second-order valence-corrected chi connectivity index (χ2v) is 6.86. The van der Waals surface area contributed by atoms with Gasteiger partial charge >= 0.3 is 5.97 Å². The van der Waals surface area contributed by atoms with Gasteiger partial charge in [-0.3, -0.25) is 9.78 Å². The molecule has 1 aromatic heterocycles. The summed E-state index contributed by atoms with van der Waals surface area (Å²) in [7, 11) is -3.60. The zero-order chi connectivity index (χ0) is 15.5. The Morgan fingerprint density at radius 3 is 2.71 bits per heavy atom. The number of nitrogens with one attached hydrogen (secondary N) is 1. The maximum absolute atomic E-state index is 12.2. The molecule has 0 aromatic carbocycles. The fourth-order valence-electron chi connectivity index (χ4n) is 2.30. The van der Waals surface area contributed by atoms with E-state index in [-0.39, 0.29) is 19.6 Å². The first-order valence-electron chi connectivity index (χ1n) is 6.78. The minimum absolute atomic E-state index is 0.133. The Hall–Kier alpha value is -1.51. The molecule has 0 spiro atoms. The highest BCUT2D eigenvalue weighted by atomic mass is 32.2. The first kappa shape index (κ1) is 15.9. The van der Waals surface area contributed by atoms with E-state index in [9.17, 15) is 13.2 Å². The number of hydrogen-bond acceptors (Lipinski definition) is 4. The van der Waals surface area contributed by atoms with Gasteiger partial charge in [0.2, 0.25) is 0 Å². The molecular formula is C13H19N3O4S. The molecule has 1 fully saturated rings. The van der Waals surface area contributed by atoms with Crippen LogP contribution in [0.5, 0.6) is 0 Å². The Morgan fingerprint density at radius 2 is 2.14 bits per heavy atom. The Bertz CT molecular complexity index is 610. The molecule has 1 aromatic rings. The normalized spacial score (nSPS) is 17.8. The number of nitrogens with zero attached hydrogens (tertiary/aromatic N) is 2. The molecule has 1 aliphatic heterocycles. The van der Waals surface area contributed by atoms with Gasteiger partial charge in [-0.25, -0.2) is 0 Å². The molecule has 0 saturated carbocycles. The molecule has 0 radical (unpaired) electrons. The first-order chi connectivity index (χ1) is 9.90. The number of aliphatic carboxylic acids is 1. The topological polar surface area (TPSA) is 99.6 Å². The Morgan fingerprint density at radius 1 is 1.48 bits per heavy atom. The van der Waals surface area contributed by atoms with Crippen LogP contribution >= 0.6 is 0 Å². The lowest BCUT2D eigenvalue weighted by Crippen LogP contribution is -2.45. The lowest BCUT2D eigenvalue weighted by molar-refractivity contribution is -0.142. The molecule has 0 atom stereocenters. The van der Waals surface area contributed by atoms with Crippen LogP contribution in [-0.2, 0) is 21.5 Å². The molecule has 21 heavy (non-hydrogen) atoms. The van der Waals surface area contributed by atoms with Crippen LogP contribution in [0.1, 0.15) is 24.1 Å². The van der Waals surface area contributed by atoms with Crippen molar-refractivity contribution in [2.45, 2.75) is 26.3 Å². The molecule has 0 bridgehead atoms. The van der Waals surface area contributed by atoms with Crippen LogP contribution < -0.4 is 4.72 Å². The number of carbonyl (C=O) groups is 1. The Kier molecular flexibility index (Phi) is 4.92. The third kappa shape index (κ3) is 3.99. The molecule has 0 amide bonds. The molecule has 1 saturated heterocycles. The molecule has 8 heteroatoms.